The minimum absolute atomic E-state index is 0.500. The van der Waals surface area contributed by atoms with Gasteiger partial charge in [-0.2, -0.15) is 0 Å². The van der Waals surface area contributed by atoms with E-state index in [0.29, 0.717) is 6.04 Å². The van der Waals surface area contributed by atoms with Gasteiger partial charge in [0.15, 0.2) is 0 Å². The smallest absolute Gasteiger partial charge is 0.00390 e. The molecule has 3 N–H and O–H groups in total. The van der Waals surface area contributed by atoms with E-state index in [0.717, 1.165) is 11.8 Å². The third-order valence-corrected chi connectivity index (χ3v) is 3.45. The summed E-state index contributed by atoms with van der Waals surface area (Å²) >= 11 is 0. The first-order chi connectivity index (χ1) is 6.34. The largest absolute Gasteiger partial charge is 0.328 e. The summed E-state index contributed by atoms with van der Waals surface area (Å²) in [5, 5.41) is 3.59. The quantitative estimate of drug-likeness (QED) is 0.691. The predicted octanol–water partition coefficient (Wildman–Crippen LogP) is 1.50. The Hall–Kier alpha value is -0.0800. The van der Waals surface area contributed by atoms with Crippen LogP contribution in [0, 0.1) is 11.8 Å². The molecule has 0 spiro atoms. The molecular formula is C11H22N2. The highest BCUT2D eigenvalue weighted by Crippen LogP contribution is 2.28. The molecule has 2 fully saturated rings. The van der Waals surface area contributed by atoms with E-state index in [9.17, 15) is 0 Å². The van der Waals surface area contributed by atoms with Crippen molar-refractivity contribution in [3.05, 3.63) is 0 Å². The molecule has 2 aliphatic rings. The average molecular weight is 182 g/mol. The summed E-state index contributed by atoms with van der Waals surface area (Å²) in [4.78, 5) is 0. The molecule has 0 aromatic rings. The van der Waals surface area contributed by atoms with Crippen LogP contribution in [0.5, 0.6) is 0 Å². The van der Waals surface area contributed by atoms with Crippen molar-refractivity contribution in [1.82, 2.24) is 5.32 Å². The van der Waals surface area contributed by atoms with Crippen LogP contribution in [0.25, 0.3) is 0 Å². The average Bonchev–Trinajstić information content (AvgIpc) is 2.92. The van der Waals surface area contributed by atoms with Crippen LogP contribution in [-0.4, -0.2) is 19.1 Å². The summed E-state index contributed by atoms with van der Waals surface area (Å²) in [5.74, 6) is 1.93. The van der Waals surface area contributed by atoms with E-state index in [1.807, 2.05) is 0 Å². The molecule has 0 saturated heterocycles. The molecule has 2 nitrogen and oxygen atoms in total. The van der Waals surface area contributed by atoms with Crippen molar-refractivity contribution in [3.8, 4) is 0 Å². The minimum atomic E-state index is 0.500. The standard InChI is InChI=1S/C11H22N2/c12-11-5-3-10(4-6-11)8-13-7-9-1-2-9/h9-11,13H,1-8,12H2. The molecule has 0 amide bonds. The van der Waals surface area contributed by atoms with Gasteiger partial charge in [0.05, 0.1) is 0 Å². The molecule has 2 rings (SSSR count). The minimum Gasteiger partial charge on any atom is -0.328 e. The summed E-state index contributed by atoms with van der Waals surface area (Å²) < 4.78 is 0. The summed E-state index contributed by atoms with van der Waals surface area (Å²) in [6.45, 7) is 2.51. The van der Waals surface area contributed by atoms with Crippen LogP contribution < -0.4 is 11.1 Å². The van der Waals surface area contributed by atoms with Crippen LogP contribution in [0.3, 0.4) is 0 Å². The highest BCUT2D eigenvalue weighted by atomic mass is 14.9. The Kier molecular flexibility index (Phi) is 3.23. The van der Waals surface area contributed by atoms with Crippen molar-refractivity contribution in [1.29, 1.82) is 0 Å². The molecule has 0 bridgehead atoms. The van der Waals surface area contributed by atoms with E-state index in [2.05, 4.69) is 5.32 Å². The maximum atomic E-state index is 5.86. The molecule has 0 unspecified atom stereocenters. The van der Waals surface area contributed by atoms with Gasteiger partial charge >= 0.3 is 0 Å². The van der Waals surface area contributed by atoms with Gasteiger partial charge in [0, 0.05) is 6.04 Å². The lowest BCUT2D eigenvalue weighted by molar-refractivity contribution is 0.314. The van der Waals surface area contributed by atoms with Gasteiger partial charge in [-0.25, -0.2) is 0 Å². The first kappa shape index (κ1) is 9.47. The SMILES string of the molecule is NC1CCC(CNCC2CC2)CC1. The van der Waals surface area contributed by atoms with E-state index in [1.165, 1.54) is 51.6 Å². The molecule has 0 aromatic heterocycles. The van der Waals surface area contributed by atoms with Crippen LogP contribution in [0.2, 0.25) is 0 Å². The second-order valence-electron chi connectivity index (χ2n) is 4.88. The zero-order valence-corrected chi connectivity index (χ0v) is 8.47. The van der Waals surface area contributed by atoms with Gasteiger partial charge in [-0.3, -0.25) is 0 Å². The first-order valence-corrected chi connectivity index (χ1v) is 5.81. The highest BCUT2D eigenvalue weighted by molar-refractivity contribution is 4.78. The Labute approximate surface area is 81.3 Å². The Bertz CT molecular complexity index is 146. The lowest BCUT2D eigenvalue weighted by Crippen LogP contribution is -2.32. The number of hydrogen-bond acceptors (Lipinski definition) is 2. The number of hydrogen-bond donors (Lipinski definition) is 2. The summed E-state index contributed by atoms with van der Waals surface area (Å²) in [6.07, 6.45) is 8.11. The van der Waals surface area contributed by atoms with E-state index in [4.69, 9.17) is 5.73 Å². The topological polar surface area (TPSA) is 38.0 Å². The maximum absolute atomic E-state index is 5.86. The Balaban J connectivity index is 1.53. The number of nitrogens with two attached hydrogens (primary N) is 1. The van der Waals surface area contributed by atoms with Crippen molar-refractivity contribution < 1.29 is 0 Å². The highest BCUT2D eigenvalue weighted by Gasteiger charge is 2.22. The first-order valence-electron chi connectivity index (χ1n) is 5.81. The van der Waals surface area contributed by atoms with Gasteiger partial charge in [0.25, 0.3) is 0 Å². The van der Waals surface area contributed by atoms with Crippen LogP contribution in [0.1, 0.15) is 38.5 Å². The Morgan fingerprint density at radius 2 is 1.31 bits per heavy atom. The summed E-state index contributed by atoms with van der Waals surface area (Å²) in [7, 11) is 0. The lowest BCUT2D eigenvalue weighted by Gasteiger charge is -2.26. The van der Waals surface area contributed by atoms with Crippen LogP contribution >= 0.6 is 0 Å². The third kappa shape index (κ3) is 3.28. The third-order valence-electron chi connectivity index (χ3n) is 3.45. The van der Waals surface area contributed by atoms with E-state index >= 15 is 0 Å². The molecule has 13 heavy (non-hydrogen) atoms. The fourth-order valence-corrected chi connectivity index (χ4v) is 2.21. The van der Waals surface area contributed by atoms with Gasteiger partial charge in [-0.1, -0.05) is 0 Å². The maximum Gasteiger partial charge on any atom is 0.00390 e. The van der Waals surface area contributed by atoms with Crippen LogP contribution in [-0.2, 0) is 0 Å². The van der Waals surface area contributed by atoms with E-state index in [1.54, 1.807) is 0 Å². The fourth-order valence-electron chi connectivity index (χ4n) is 2.21. The molecule has 2 aliphatic carbocycles. The van der Waals surface area contributed by atoms with Crippen LogP contribution in [0.15, 0.2) is 0 Å². The van der Waals surface area contributed by atoms with Crippen molar-refractivity contribution in [2.75, 3.05) is 13.1 Å². The molecular weight excluding hydrogens is 160 g/mol. The molecule has 76 valence electrons. The van der Waals surface area contributed by atoms with Gasteiger partial charge in [0.1, 0.15) is 0 Å². The molecule has 2 saturated carbocycles. The molecule has 2 heteroatoms. The van der Waals surface area contributed by atoms with Crippen molar-refractivity contribution in [2.24, 2.45) is 17.6 Å². The van der Waals surface area contributed by atoms with Gasteiger partial charge in [-0.15, -0.1) is 0 Å². The molecule has 0 aromatic carbocycles. The zero-order valence-electron chi connectivity index (χ0n) is 8.47. The molecule has 0 heterocycles. The Morgan fingerprint density at radius 3 is 1.77 bits per heavy atom. The molecule has 0 radical (unpaired) electrons. The molecule has 0 aliphatic heterocycles. The van der Waals surface area contributed by atoms with Gasteiger partial charge in [-0.05, 0) is 63.5 Å². The Morgan fingerprint density at radius 1 is 0.846 bits per heavy atom. The lowest BCUT2D eigenvalue weighted by atomic mass is 9.86. The van der Waals surface area contributed by atoms with Crippen molar-refractivity contribution in [2.45, 2.75) is 44.6 Å². The van der Waals surface area contributed by atoms with Gasteiger partial charge < -0.3 is 11.1 Å². The predicted molar refractivity (Wildman–Crippen MR) is 55.5 cm³/mol. The van der Waals surface area contributed by atoms with Crippen molar-refractivity contribution in [3.63, 3.8) is 0 Å². The second kappa shape index (κ2) is 4.43. The summed E-state index contributed by atoms with van der Waals surface area (Å²) in [5.41, 5.74) is 5.86. The second-order valence-corrected chi connectivity index (χ2v) is 4.88. The van der Waals surface area contributed by atoms with Gasteiger partial charge in [0.2, 0.25) is 0 Å². The normalized spacial score (nSPS) is 34.8. The number of rotatable bonds is 4. The zero-order chi connectivity index (χ0) is 9.10. The van der Waals surface area contributed by atoms with Crippen LogP contribution in [0.4, 0.5) is 0 Å². The monoisotopic (exact) mass is 182 g/mol. The number of nitrogens with one attached hydrogen (secondary N) is 1. The summed E-state index contributed by atoms with van der Waals surface area (Å²) in [6, 6.07) is 0.500. The molecule has 0 atom stereocenters. The fraction of sp³-hybridized carbons (Fsp3) is 1.00. The van der Waals surface area contributed by atoms with E-state index in [-0.39, 0.29) is 0 Å². The van der Waals surface area contributed by atoms with E-state index < -0.39 is 0 Å². The van der Waals surface area contributed by atoms with Crippen molar-refractivity contribution >= 4 is 0 Å².